The molecule has 1 unspecified atom stereocenters. The highest BCUT2D eigenvalue weighted by molar-refractivity contribution is 5.59. The first-order chi connectivity index (χ1) is 10.5. The van der Waals surface area contributed by atoms with Crippen molar-refractivity contribution in [3.05, 3.63) is 41.7 Å². The summed E-state index contributed by atoms with van der Waals surface area (Å²) in [7, 11) is 0. The molecule has 0 saturated carbocycles. The summed E-state index contributed by atoms with van der Waals surface area (Å²) in [6, 6.07) is 10.3. The van der Waals surface area contributed by atoms with Crippen LogP contribution < -0.4 is 0 Å². The van der Waals surface area contributed by atoms with Crippen molar-refractivity contribution in [3.8, 4) is 11.3 Å². The molecule has 2 aromatic rings. The highest BCUT2D eigenvalue weighted by atomic mass is 16.5. The van der Waals surface area contributed by atoms with Crippen molar-refractivity contribution in [3.63, 3.8) is 0 Å². The quantitative estimate of drug-likeness (QED) is 0.821. The molecule has 0 aliphatic rings. The van der Waals surface area contributed by atoms with E-state index in [9.17, 15) is 5.11 Å². The van der Waals surface area contributed by atoms with Gasteiger partial charge in [0.25, 0.3) is 0 Å². The van der Waals surface area contributed by atoms with Gasteiger partial charge in [-0.15, -0.1) is 0 Å². The lowest BCUT2D eigenvalue weighted by Gasteiger charge is -2.26. The normalized spacial score (nSPS) is 13.0. The molecule has 2 N–H and O–H groups in total. The lowest BCUT2D eigenvalue weighted by atomic mass is 10.1. The fourth-order valence-corrected chi connectivity index (χ4v) is 2.23. The van der Waals surface area contributed by atoms with Crippen molar-refractivity contribution in [1.82, 2.24) is 10.1 Å². The maximum atomic E-state index is 9.63. The molecule has 0 radical (unpaired) electrons. The molecule has 0 amide bonds. The molecule has 5 nitrogen and oxygen atoms in total. The van der Waals surface area contributed by atoms with Crippen LogP contribution in [0.15, 0.2) is 34.9 Å². The number of rotatable bonds is 7. The Balaban J connectivity index is 2.08. The third kappa shape index (κ3) is 4.40. The fraction of sp³-hybridized carbons (Fsp3) is 0.471. The number of aliphatic hydroxyl groups is 2. The van der Waals surface area contributed by atoms with E-state index in [0.29, 0.717) is 13.1 Å². The third-order valence-electron chi connectivity index (χ3n) is 3.65. The summed E-state index contributed by atoms with van der Waals surface area (Å²) in [5, 5.41) is 22.7. The molecule has 0 bridgehead atoms. The van der Waals surface area contributed by atoms with Crippen molar-refractivity contribution in [2.24, 2.45) is 0 Å². The smallest absolute Gasteiger partial charge is 0.151 e. The average Bonchev–Trinajstić information content (AvgIpc) is 2.95. The van der Waals surface area contributed by atoms with Gasteiger partial charge in [0.2, 0.25) is 0 Å². The van der Waals surface area contributed by atoms with Crippen molar-refractivity contribution >= 4 is 0 Å². The monoisotopic (exact) mass is 304 g/mol. The van der Waals surface area contributed by atoms with Crippen LogP contribution in [0, 0.1) is 6.92 Å². The summed E-state index contributed by atoms with van der Waals surface area (Å²) < 4.78 is 5.41. The first kappa shape index (κ1) is 16.7. The van der Waals surface area contributed by atoms with Crippen LogP contribution in [-0.2, 0) is 6.54 Å². The predicted molar refractivity (Wildman–Crippen MR) is 85.3 cm³/mol. The lowest BCUT2D eigenvalue weighted by molar-refractivity contribution is 0.0432. The minimum absolute atomic E-state index is 0.231. The number of aryl methyl sites for hydroxylation is 1. The maximum Gasteiger partial charge on any atom is 0.151 e. The molecular weight excluding hydrogens is 280 g/mol. The summed E-state index contributed by atoms with van der Waals surface area (Å²) >= 11 is 0. The average molecular weight is 304 g/mol. The number of nitrogens with zero attached hydrogens (tertiary/aromatic N) is 2. The minimum Gasteiger partial charge on any atom is -0.394 e. The number of hydrogen-bond acceptors (Lipinski definition) is 5. The van der Waals surface area contributed by atoms with Crippen LogP contribution >= 0.6 is 0 Å². The van der Waals surface area contributed by atoms with Gasteiger partial charge in [-0.1, -0.05) is 35.0 Å². The molecule has 1 heterocycles. The molecule has 120 valence electrons. The molecule has 1 atom stereocenters. The molecule has 0 aliphatic heterocycles. The number of benzene rings is 1. The molecule has 0 fully saturated rings. The lowest BCUT2D eigenvalue weighted by Crippen LogP contribution is -2.38. The number of aliphatic hydroxyl groups excluding tert-OH is 2. The Morgan fingerprint density at radius 3 is 2.50 bits per heavy atom. The molecular formula is C17H24N2O3. The maximum absolute atomic E-state index is 9.63. The molecule has 5 heteroatoms. The third-order valence-corrected chi connectivity index (χ3v) is 3.65. The second-order valence-electron chi connectivity index (χ2n) is 5.90. The highest BCUT2D eigenvalue weighted by Gasteiger charge is 2.17. The van der Waals surface area contributed by atoms with Crippen molar-refractivity contribution in [2.45, 2.75) is 39.5 Å². The van der Waals surface area contributed by atoms with E-state index in [2.05, 4.69) is 5.16 Å². The van der Waals surface area contributed by atoms with Crippen LogP contribution in [0.5, 0.6) is 0 Å². The predicted octanol–water partition coefficient (Wildman–Crippen LogP) is 2.21. The molecule has 0 aliphatic carbocycles. The van der Waals surface area contributed by atoms with Gasteiger partial charge in [-0.25, -0.2) is 0 Å². The second kappa shape index (κ2) is 7.54. The van der Waals surface area contributed by atoms with Gasteiger partial charge in [0.15, 0.2) is 5.76 Å². The molecule has 0 spiro atoms. The Hall–Kier alpha value is -1.69. The largest absolute Gasteiger partial charge is 0.394 e. The first-order valence-electron chi connectivity index (χ1n) is 7.55. The van der Waals surface area contributed by atoms with Gasteiger partial charge in [-0.05, 0) is 20.8 Å². The molecule has 1 aromatic heterocycles. The van der Waals surface area contributed by atoms with Gasteiger partial charge in [0, 0.05) is 24.2 Å². The summed E-state index contributed by atoms with van der Waals surface area (Å²) in [6.45, 7) is 6.84. The molecule has 2 rings (SSSR count). The van der Waals surface area contributed by atoms with Crippen LogP contribution in [0.4, 0.5) is 0 Å². The van der Waals surface area contributed by atoms with Gasteiger partial charge < -0.3 is 14.7 Å². The van der Waals surface area contributed by atoms with Crippen LogP contribution in [0.25, 0.3) is 11.3 Å². The van der Waals surface area contributed by atoms with E-state index in [1.807, 2.05) is 56.0 Å². The Morgan fingerprint density at radius 1 is 1.23 bits per heavy atom. The van der Waals surface area contributed by atoms with Gasteiger partial charge in [-0.3, -0.25) is 4.90 Å². The summed E-state index contributed by atoms with van der Waals surface area (Å²) in [4.78, 5) is 2.04. The SMILES string of the molecule is Cc1ccc(-c2cc(CN(CC(O)CO)C(C)C)on2)cc1. The van der Waals surface area contributed by atoms with Crippen LogP contribution in [0.1, 0.15) is 25.2 Å². The second-order valence-corrected chi connectivity index (χ2v) is 5.90. The minimum atomic E-state index is -0.748. The van der Waals surface area contributed by atoms with Gasteiger partial charge in [0.05, 0.1) is 19.3 Å². The van der Waals surface area contributed by atoms with Crippen molar-refractivity contribution in [1.29, 1.82) is 0 Å². The van der Waals surface area contributed by atoms with E-state index in [4.69, 9.17) is 9.63 Å². The Kier molecular flexibility index (Phi) is 5.71. The van der Waals surface area contributed by atoms with Crippen LogP contribution in [-0.4, -0.2) is 45.6 Å². The Bertz CT molecular complexity index is 578. The van der Waals surface area contributed by atoms with Crippen molar-refractivity contribution in [2.75, 3.05) is 13.2 Å². The zero-order valence-corrected chi connectivity index (χ0v) is 13.4. The van der Waals surface area contributed by atoms with E-state index in [1.54, 1.807) is 0 Å². The molecule has 1 aromatic carbocycles. The van der Waals surface area contributed by atoms with Crippen LogP contribution in [0.2, 0.25) is 0 Å². The van der Waals surface area contributed by atoms with E-state index in [-0.39, 0.29) is 12.6 Å². The van der Waals surface area contributed by atoms with Crippen LogP contribution in [0.3, 0.4) is 0 Å². The molecule has 22 heavy (non-hydrogen) atoms. The van der Waals surface area contributed by atoms with E-state index >= 15 is 0 Å². The Labute approximate surface area is 131 Å². The number of aromatic nitrogens is 1. The summed E-state index contributed by atoms with van der Waals surface area (Å²) in [5.41, 5.74) is 3.03. The summed E-state index contributed by atoms with van der Waals surface area (Å²) in [5.74, 6) is 0.745. The number of hydrogen-bond donors (Lipinski definition) is 2. The Morgan fingerprint density at radius 2 is 1.91 bits per heavy atom. The first-order valence-corrected chi connectivity index (χ1v) is 7.55. The highest BCUT2D eigenvalue weighted by Crippen LogP contribution is 2.21. The van der Waals surface area contributed by atoms with Crippen molar-refractivity contribution < 1.29 is 14.7 Å². The topological polar surface area (TPSA) is 69.7 Å². The van der Waals surface area contributed by atoms with Gasteiger partial charge in [0.1, 0.15) is 5.69 Å². The molecule has 0 saturated heterocycles. The zero-order chi connectivity index (χ0) is 16.1. The van der Waals surface area contributed by atoms with Gasteiger partial charge in [-0.2, -0.15) is 0 Å². The zero-order valence-electron chi connectivity index (χ0n) is 13.4. The summed E-state index contributed by atoms with van der Waals surface area (Å²) in [6.07, 6.45) is -0.748. The van der Waals surface area contributed by atoms with E-state index in [0.717, 1.165) is 17.0 Å². The standard InChI is InChI=1S/C17H24N2O3/c1-12(2)19(9-15(21)11-20)10-16-8-17(18-22-16)14-6-4-13(3)5-7-14/h4-8,12,15,20-21H,9-11H2,1-3H3. The fourth-order valence-electron chi connectivity index (χ4n) is 2.23. The van der Waals surface area contributed by atoms with E-state index in [1.165, 1.54) is 5.56 Å². The van der Waals surface area contributed by atoms with Gasteiger partial charge >= 0.3 is 0 Å². The van der Waals surface area contributed by atoms with E-state index < -0.39 is 6.10 Å².